The highest BCUT2D eigenvalue weighted by Crippen LogP contribution is 1.97. The molecule has 0 N–H and O–H groups in total. The molecular formula is C10H22Si. The zero-order chi connectivity index (χ0) is 8.53. The van der Waals surface area contributed by atoms with Crippen LogP contribution < -0.4 is 0 Å². The van der Waals surface area contributed by atoms with Crippen LogP contribution in [-0.4, -0.2) is 14.1 Å². The molecule has 0 aliphatic heterocycles. The average Bonchev–Trinajstić information content (AvgIpc) is 2.03. The second-order valence-electron chi connectivity index (χ2n) is 3.11. The first-order valence-corrected chi connectivity index (χ1v) is 7.02. The fourth-order valence-electron chi connectivity index (χ4n) is 1.25. The molecule has 0 amide bonds. The smallest absolute Gasteiger partial charge is 0.00503 e. The van der Waals surface area contributed by atoms with E-state index >= 15 is 0 Å². The van der Waals surface area contributed by atoms with Crippen molar-refractivity contribution in [3.8, 4) is 0 Å². The van der Waals surface area contributed by atoms with E-state index in [9.17, 15) is 0 Å². The van der Waals surface area contributed by atoms with Gasteiger partial charge >= 0.3 is 0 Å². The highest BCUT2D eigenvalue weighted by atomic mass is 28.2. The monoisotopic (exact) mass is 170 g/mol. The minimum Gasteiger partial charge on any atom is -0.104 e. The maximum atomic E-state index is 2.62. The number of rotatable bonds is 6. The first kappa shape index (κ1) is 11.1. The molecule has 0 rings (SSSR count). The fraction of sp³-hybridized carbons (Fsp3) is 0.900. The molecule has 1 heteroatoms. The molecule has 0 heterocycles. The van der Waals surface area contributed by atoms with Crippen LogP contribution in [0.4, 0.5) is 0 Å². The van der Waals surface area contributed by atoms with Gasteiger partial charge in [0.2, 0.25) is 0 Å². The van der Waals surface area contributed by atoms with E-state index in [-0.39, 0.29) is 8.41 Å². The van der Waals surface area contributed by atoms with E-state index in [0.29, 0.717) is 0 Å². The van der Waals surface area contributed by atoms with Crippen LogP contribution in [0.15, 0.2) is 0 Å². The van der Waals surface area contributed by atoms with E-state index in [1.807, 2.05) is 0 Å². The Morgan fingerprint density at radius 3 is 2.27 bits per heavy atom. The number of hydrogen-bond donors (Lipinski definition) is 0. The van der Waals surface area contributed by atoms with Crippen molar-refractivity contribution in [3.05, 3.63) is 0 Å². The normalized spacial score (nSPS) is 12.1. The summed E-state index contributed by atoms with van der Waals surface area (Å²) in [7, 11) is -0.0324. The van der Waals surface area contributed by atoms with Crippen molar-refractivity contribution in [1.29, 1.82) is 0 Å². The molecule has 0 unspecified atom stereocenters. The molecule has 0 spiro atoms. The topological polar surface area (TPSA) is 0 Å². The van der Waals surface area contributed by atoms with Crippen molar-refractivity contribution in [2.75, 3.05) is 0 Å². The van der Waals surface area contributed by atoms with Crippen molar-refractivity contribution < 1.29 is 0 Å². The fourth-order valence-corrected chi connectivity index (χ4v) is 3.36. The van der Waals surface area contributed by atoms with Crippen LogP contribution >= 0.6 is 0 Å². The SMILES string of the molecule is CCCCC=[Si](CC)CCC. The lowest BCUT2D eigenvalue weighted by Crippen LogP contribution is -2.02. The van der Waals surface area contributed by atoms with Crippen LogP contribution in [0.25, 0.3) is 0 Å². The molecule has 0 aromatic heterocycles. The highest BCUT2D eigenvalue weighted by molar-refractivity contribution is 6.65. The van der Waals surface area contributed by atoms with Gasteiger partial charge in [-0.25, -0.2) is 0 Å². The second-order valence-corrected chi connectivity index (χ2v) is 6.04. The van der Waals surface area contributed by atoms with Gasteiger partial charge in [-0.05, 0) is 18.5 Å². The van der Waals surface area contributed by atoms with Gasteiger partial charge in [0.05, 0.1) is 0 Å². The number of hydrogen-bond acceptors (Lipinski definition) is 0. The van der Waals surface area contributed by atoms with Crippen LogP contribution in [0.5, 0.6) is 0 Å². The summed E-state index contributed by atoms with van der Waals surface area (Å²) in [5.74, 6) is 0. The summed E-state index contributed by atoms with van der Waals surface area (Å²) in [5.41, 5.74) is 2.62. The summed E-state index contributed by atoms with van der Waals surface area (Å²) in [6.45, 7) is 6.91. The van der Waals surface area contributed by atoms with Crippen molar-refractivity contribution in [2.45, 2.75) is 58.5 Å². The molecule has 0 atom stereocenters. The van der Waals surface area contributed by atoms with Gasteiger partial charge in [0, 0.05) is 8.41 Å². The van der Waals surface area contributed by atoms with Gasteiger partial charge in [-0.15, -0.1) is 5.67 Å². The molecule has 0 aliphatic carbocycles. The molecule has 0 radical (unpaired) electrons. The molecular weight excluding hydrogens is 148 g/mol. The molecule has 0 saturated carbocycles. The Hall–Kier alpha value is 0.0869. The summed E-state index contributed by atoms with van der Waals surface area (Å²) in [5, 5.41) is 0. The largest absolute Gasteiger partial charge is 0.104 e. The first-order valence-electron chi connectivity index (χ1n) is 5.03. The lowest BCUT2D eigenvalue weighted by Gasteiger charge is -1.99. The van der Waals surface area contributed by atoms with Crippen molar-refractivity contribution >= 4 is 14.1 Å². The minimum atomic E-state index is -0.0324. The molecule has 0 bridgehead atoms. The molecule has 0 aliphatic rings. The Morgan fingerprint density at radius 2 is 1.82 bits per heavy atom. The molecule has 66 valence electrons. The van der Waals surface area contributed by atoms with Crippen LogP contribution in [0.1, 0.15) is 46.5 Å². The molecule has 11 heavy (non-hydrogen) atoms. The second kappa shape index (κ2) is 8.19. The van der Waals surface area contributed by atoms with Gasteiger partial charge in [0.1, 0.15) is 0 Å². The average molecular weight is 170 g/mol. The third-order valence-corrected chi connectivity index (χ3v) is 4.93. The molecule has 0 saturated heterocycles. The summed E-state index contributed by atoms with van der Waals surface area (Å²) < 4.78 is 0. The Labute approximate surface area is 73.2 Å². The van der Waals surface area contributed by atoms with Gasteiger partial charge in [-0.1, -0.05) is 40.0 Å². The first-order chi connectivity index (χ1) is 5.35. The van der Waals surface area contributed by atoms with Crippen molar-refractivity contribution in [1.82, 2.24) is 0 Å². The molecule has 0 aromatic rings. The predicted molar refractivity (Wildman–Crippen MR) is 56.9 cm³/mol. The Kier molecular flexibility index (Phi) is 8.25. The lowest BCUT2D eigenvalue weighted by atomic mass is 10.3. The lowest BCUT2D eigenvalue weighted by molar-refractivity contribution is 0.846. The Bertz CT molecular complexity index is 105. The van der Waals surface area contributed by atoms with E-state index in [1.165, 1.54) is 37.8 Å². The van der Waals surface area contributed by atoms with Crippen molar-refractivity contribution in [3.63, 3.8) is 0 Å². The summed E-state index contributed by atoms with van der Waals surface area (Å²) in [6.07, 6.45) is 5.50. The van der Waals surface area contributed by atoms with Crippen molar-refractivity contribution in [2.24, 2.45) is 0 Å². The minimum absolute atomic E-state index is 0.0324. The predicted octanol–water partition coefficient (Wildman–Crippen LogP) is 3.49. The maximum absolute atomic E-state index is 2.62. The Morgan fingerprint density at radius 1 is 1.09 bits per heavy atom. The summed E-state index contributed by atoms with van der Waals surface area (Å²) >= 11 is 0. The third kappa shape index (κ3) is 6.48. The summed E-state index contributed by atoms with van der Waals surface area (Å²) in [6, 6.07) is 2.92. The van der Waals surface area contributed by atoms with Gasteiger partial charge in [0.25, 0.3) is 0 Å². The van der Waals surface area contributed by atoms with Gasteiger partial charge in [-0.3, -0.25) is 0 Å². The molecule has 0 nitrogen and oxygen atoms in total. The van der Waals surface area contributed by atoms with Crippen LogP contribution in [0.2, 0.25) is 12.1 Å². The zero-order valence-corrected chi connectivity index (χ0v) is 9.32. The quantitative estimate of drug-likeness (QED) is 0.423. The van der Waals surface area contributed by atoms with E-state index in [0.717, 1.165) is 0 Å². The highest BCUT2D eigenvalue weighted by Gasteiger charge is 1.92. The van der Waals surface area contributed by atoms with E-state index in [1.54, 1.807) is 0 Å². The summed E-state index contributed by atoms with van der Waals surface area (Å²) in [4.78, 5) is 0. The van der Waals surface area contributed by atoms with Gasteiger partial charge < -0.3 is 0 Å². The Balaban J connectivity index is 3.52. The van der Waals surface area contributed by atoms with Crippen LogP contribution in [-0.2, 0) is 0 Å². The zero-order valence-electron chi connectivity index (χ0n) is 8.32. The standard InChI is InChI=1S/C10H22Si/c1-4-7-8-10-11(6-3)9-5-2/h10H,4-9H2,1-3H3. The number of unbranched alkanes of at least 4 members (excludes halogenated alkanes) is 2. The van der Waals surface area contributed by atoms with E-state index < -0.39 is 0 Å². The molecule has 0 fully saturated rings. The molecule has 0 aromatic carbocycles. The third-order valence-electron chi connectivity index (χ3n) is 2.02. The van der Waals surface area contributed by atoms with E-state index in [2.05, 4.69) is 26.4 Å². The van der Waals surface area contributed by atoms with E-state index in [4.69, 9.17) is 0 Å². The van der Waals surface area contributed by atoms with Crippen LogP contribution in [0.3, 0.4) is 0 Å². The van der Waals surface area contributed by atoms with Gasteiger partial charge in [-0.2, -0.15) is 0 Å². The van der Waals surface area contributed by atoms with Gasteiger partial charge in [0.15, 0.2) is 0 Å². The van der Waals surface area contributed by atoms with Crippen LogP contribution in [0, 0.1) is 0 Å². The maximum Gasteiger partial charge on any atom is 0.00503 e.